The molecule has 1 nitrogen and oxygen atoms in total. The molecule has 2 rings (SSSR count). The van der Waals surface area contributed by atoms with Gasteiger partial charge in [-0.1, -0.05) is 29.3 Å². The first-order valence-corrected chi connectivity index (χ1v) is 6.69. The molecule has 96 valence electrons. The molecule has 1 aromatic heterocycles. The van der Waals surface area contributed by atoms with Crippen LogP contribution < -0.4 is 5.73 Å². The van der Waals surface area contributed by atoms with Crippen LogP contribution in [0, 0.1) is 11.6 Å². The number of thiophene rings is 1. The van der Waals surface area contributed by atoms with E-state index in [-0.39, 0.29) is 6.42 Å². The Labute approximate surface area is 117 Å². The third-order valence-corrected chi connectivity index (χ3v) is 4.06. The summed E-state index contributed by atoms with van der Waals surface area (Å²) in [4.78, 5) is 0. The molecule has 1 aromatic carbocycles. The van der Waals surface area contributed by atoms with Crippen LogP contribution >= 0.6 is 34.5 Å². The molecule has 2 N–H and O–H groups in total. The first kappa shape index (κ1) is 13.7. The monoisotopic (exact) mass is 307 g/mol. The number of hydrogen-bond donors (Lipinski definition) is 1. The number of nitrogens with two attached hydrogens (primary N) is 1. The second-order valence-electron chi connectivity index (χ2n) is 3.83. The van der Waals surface area contributed by atoms with Gasteiger partial charge in [0.2, 0.25) is 0 Å². The van der Waals surface area contributed by atoms with E-state index in [1.54, 1.807) is 6.07 Å². The predicted octanol–water partition coefficient (Wildman–Crippen LogP) is 4.58. The molecule has 2 aromatic rings. The fraction of sp³-hybridized carbons (Fsp3) is 0.167. The van der Waals surface area contributed by atoms with Crippen LogP contribution in [0.3, 0.4) is 0 Å². The molecule has 6 heteroatoms. The Balaban J connectivity index is 2.21. The molecule has 1 atom stereocenters. The van der Waals surface area contributed by atoms with Gasteiger partial charge in [0.05, 0.1) is 8.67 Å². The lowest BCUT2D eigenvalue weighted by atomic mass is 10.0. The SMILES string of the molecule is NC(Cc1ccc(F)cc1F)c1cc(Cl)sc1Cl. The van der Waals surface area contributed by atoms with Crippen LogP contribution in [-0.2, 0) is 6.42 Å². The first-order chi connectivity index (χ1) is 8.47. The van der Waals surface area contributed by atoms with Crippen molar-refractivity contribution in [2.75, 3.05) is 0 Å². The largest absolute Gasteiger partial charge is 0.324 e. The van der Waals surface area contributed by atoms with Crippen molar-refractivity contribution >= 4 is 34.5 Å². The van der Waals surface area contributed by atoms with Crippen molar-refractivity contribution in [2.24, 2.45) is 5.73 Å². The van der Waals surface area contributed by atoms with Crippen molar-refractivity contribution in [3.63, 3.8) is 0 Å². The molecule has 0 radical (unpaired) electrons. The fourth-order valence-corrected chi connectivity index (χ4v) is 3.24. The zero-order valence-electron chi connectivity index (χ0n) is 9.09. The van der Waals surface area contributed by atoms with Crippen LogP contribution in [0.25, 0.3) is 0 Å². The van der Waals surface area contributed by atoms with Crippen LogP contribution in [0.2, 0.25) is 8.67 Å². The Kier molecular flexibility index (Phi) is 4.22. The van der Waals surface area contributed by atoms with Gasteiger partial charge in [0.15, 0.2) is 0 Å². The molecular weight excluding hydrogens is 299 g/mol. The summed E-state index contributed by atoms with van der Waals surface area (Å²) in [5.74, 6) is -1.22. The van der Waals surface area contributed by atoms with Crippen molar-refractivity contribution in [1.82, 2.24) is 0 Å². The van der Waals surface area contributed by atoms with Crippen LogP contribution in [0.4, 0.5) is 8.78 Å². The van der Waals surface area contributed by atoms with E-state index in [0.717, 1.165) is 6.07 Å². The molecule has 0 aliphatic carbocycles. The molecule has 18 heavy (non-hydrogen) atoms. The average Bonchev–Trinajstić information content (AvgIpc) is 2.62. The van der Waals surface area contributed by atoms with Gasteiger partial charge in [-0.3, -0.25) is 0 Å². The van der Waals surface area contributed by atoms with E-state index in [1.807, 2.05) is 0 Å². The van der Waals surface area contributed by atoms with Gasteiger partial charge < -0.3 is 5.73 Å². The second-order valence-corrected chi connectivity index (χ2v) is 6.11. The summed E-state index contributed by atoms with van der Waals surface area (Å²) in [5.41, 5.74) is 6.98. The van der Waals surface area contributed by atoms with E-state index in [4.69, 9.17) is 28.9 Å². The van der Waals surface area contributed by atoms with Crippen LogP contribution in [0.5, 0.6) is 0 Å². The minimum atomic E-state index is -0.610. The Morgan fingerprint density at radius 2 is 1.94 bits per heavy atom. The number of halogens is 4. The smallest absolute Gasteiger partial charge is 0.129 e. The highest BCUT2D eigenvalue weighted by atomic mass is 35.5. The van der Waals surface area contributed by atoms with Gasteiger partial charge in [0, 0.05) is 17.7 Å². The summed E-state index contributed by atoms with van der Waals surface area (Å²) in [6.45, 7) is 0. The standard InChI is InChI=1S/C12H9Cl2F2NS/c13-11-5-8(12(14)18-11)10(17)3-6-1-2-7(15)4-9(6)16/h1-2,4-5,10H,3,17H2. The van der Waals surface area contributed by atoms with Gasteiger partial charge >= 0.3 is 0 Å². The zero-order valence-corrected chi connectivity index (χ0v) is 11.4. The molecular formula is C12H9Cl2F2NS. The summed E-state index contributed by atoms with van der Waals surface area (Å²) in [6, 6.07) is 4.62. The van der Waals surface area contributed by atoms with Gasteiger partial charge in [0.25, 0.3) is 0 Å². The maximum Gasteiger partial charge on any atom is 0.129 e. The highest BCUT2D eigenvalue weighted by Crippen LogP contribution is 2.35. The molecule has 0 bridgehead atoms. The van der Waals surface area contributed by atoms with E-state index in [9.17, 15) is 8.78 Å². The lowest BCUT2D eigenvalue weighted by Gasteiger charge is -2.11. The first-order valence-electron chi connectivity index (χ1n) is 5.11. The molecule has 1 unspecified atom stereocenters. The highest BCUT2D eigenvalue weighted by Gasteiger charge is 2.16. The van der Waals surface area contributed by atoms with Gasteiger partial charge in [0.1, 0.15) is 11.6 Å². The van der Waals surface area contributed by atoms with E-state index < -0.39 is 17.7 Å². The lowest BCUT2D eigenvalue weighted by Crippen LogP contribution is -2.13. The van der Waals surface area contributed by atoms with E-state index in [2.05, 4.69) is 0 Å². The molecule has 0 fully saturated rings. The summed E-state index contributed by atoms with van der Waals surface area (Å²) in [7, 11) is 0. The zero-order chi connectivity index (χ0) is 13.3. The highest BCUT2D eigenvalue weighted by molar-refractivity contribution is 7.20. The molecule has 0 aliphatic heterocycles. The predicted molar refractivity (Wildman–Crippen MR) is 71.3 cm³/mol. The Hall–Kier alpha value is -0.680. The van der Waals surface area contributed by atoms with Gasteiger partial charge in [-0.2, -0.15) is 0 Å². The van der Waals surface area contributed by atoms with E-state index in [0.29, 0.717) is 19.8 Å². The molecule has 0 amide bonds. The normalized spacial score (nSPS) is 12.7. The van der Waals surface area contributed by atoms with Gasteiger partial charge in [-0.15, -0.1) is 11.3 Å². The third-order valence-electron chi connectivity index (χ3n) is 2.54. The van der Waals surface area contributed by atoms with Crippen LogP contribution in [0.1, 0.15) is 17.2 Å². The maximum atomic E-state index is 13.5. The third kappa shape index (κ3) is 3.01. The minimum Gasteiger partial charge on any atom is -0.324 e. The maximum absolute atomic E-state index is 13.5. The van der Waals surface area contributed by atoms with Gasteiger partial charge in [-0.25, -0.2) is 8.78 Å². The van der Waals surface area contributed by atoms with Crippen molar-refractivity contribution in [3.05, 3.63) is 55.7 Å². The van der Waals surface area contributed by atoms with Crippen molar-refractivity contribution in [1.29, 1.82) is 0 Å². The van der Waals surface area contributed by atoms with E-state index >= 15 is 0 Å². The molecule has 0 aliphatic rings. The molecule has 1 heterocycles. The van der Waals surface area contributed by atoms with Crippen LogP contribution in [0.15, 0.2) is 24.3 Å². The lowest BCUT2D eigenvalue weighted by molar-refractivity contribution is 0.563. The number of rotatable bonds is 3. The van der Waals surface area contributed by atoms with Crippen molar-refractivity contribution in [2.45, 2.75) is 12.5 Å². The van der Waals surface area contributed by atoms with Crippen molar-refractivity contribution in [3.8, 4) is 0 Å². The van der Waals surface area contributed by atoms with E-state index in [1.165, 1.54) is 23.5 Å². The summed E-state index contributed by atoms with van der Waals surface area (Å²) >= 11 is 13.0. The number of hydrogen-bond acceptors (Lipinski definition) is 2. The second kappa shape index (κ2) is 5.53. The van der Waals surface area contributed by atoms with Crippen LogP contribution in [-0.4, -0.2) is 0 Å². The number of benzene rings is 1. The summed E-state index contributed by atoms with van der Waals surface area (Å²) in [5, 5.41) is 0. The molecule has 0 saturated carbocycles. The van der Waals surface area contributed by atoms with Crippen molar-refractivity contribution < 1.29 is 8.78 Å². The summed E-state index contributed by atoms with van der Waals surface area (Å²) in [6.07, 6.45) is 0.235. The summed E-state index contributed by atoms with van der Waals surface area (Å²) < 4.78 is 27.3. The average molecular weight is 308 g/mol. The molecule has 0 spiro atoms. The Morgan fingerprint density at radius 1 is 1.22 bits per heavy atom. The quantitative estimate of drug-likeness (QED) is 0.882. The Bertz CT molecular complexity index is 571. The fourth-order valence-electron chi connectivity index (χ4n) is 1.64. The van der Waals surface area contributed by atoms with Gasteiger partial charge in [-0.05, 0) is 24.1 Å². The topological polar surface area (TPSA) is 26.0 Å². The Morgan fingerprint density at radius 3 is 2.50 bits per heavy atom. The minimum absolute atomic E-state index is 0.235. The molecule has 0 saturated heterocycles.